The lowest BCUT2D eigenvalue weighted by molar-refractivity contribution is 0.920. The normalized spacial score (nSPS) is 12.4. The number of alkyl halides is 1. The predicted molar refractivity (Wildman–Crippen MR) is 87.0 cm³/mol. The minimum atomic E-state index is -0.0897. The van der Waals surface area contributed by atoms with E-state index < -0.39 is 0 Å². The van der Waals surface area contributed by atoms with Gasteiger partial charge in [-0.1, -0.05) is 59.6 Å². The molecule has 0 aliphatic rings. The average molecular weight is 338 g/mol. The van der Waals surface area contributed by atoms with Crippen LogP contribution in [0.2, 0.25) is 0 Å². The van der Waals surface area contributed by atoms with E-state index in [-0.39, 0.29) is 5.38 Å². The van der Waals surface area contributed by atoms with Gasteiger partial charge in [-0.25, -0.2) is 0 Å². The van der Waals surface area contributed by atoms with Crippen LogP contribution in [0.1, 0.15) is 41.0 Å². The molecule has 2 aromatic rings. The van der Waals surface area contributed by atoms with Crippen molar-refractivity contribution in [1.82, 2.24) is 0 Å². The maximum atomic E-state index is 6.62. The highest BCUT2D eigenvalue weighted by Gasteiger charge is 2.13. The highest BCUT2D eigenvalue weighted by Crippen LogP contribution is 2.32. The standard InChI is InChI=1S/C17H18BrCl/c1-3-4-13-6-8-14(9-7-13)17(19)16-11-15(18)10-5-12(16)2/h5-11,17H,3-4H2,1-2H3. The van der Waals surface area contributed by atoms with Crippen molar-refractivity contribution in [1.29, 1.82) is 0 Å². The predicted octanol–water partition coefficient (Wildman–Crippen LogP) is 6.04. The van der Waals surface area contributed by atoms with Gasteiger partial charge in [0.25, 0.3) is 0 Å². The van der Waals surface area contributed by atoms with Crippen LogP contribution in [0.4, 0.5) is 0 Å². The smallest absolute Gasteiger partial charge is 0.0838 e. The molecule has 0 N–H and O–H groups in total. The summed E-state index contributed by atoms with van der Waals surface area (Å²) in [4.78, 5) is 0. The first kappa shape index (κ1) is 14.6. The molecule has 2 rings (SSSR count). The van der Waals surface area contributed by atoms with Crippen molar-refractivity contribution in [3.05, 3.63) is 69.2 Å². The van der Waals surface area contributed by atoms with Crippen LogP contribution in [-0.4, -0.2) is 0 Å². The molecule has 1 unspecified atom stereocenters. The molecule has 0 aliphatic carbocycles. The molecule has 0 saturated heterocycles. The van der Waals surface area contributed by atoms with Crippen molar-refractivity contribution < 1.29 is 0 Å². The Bertz CT molecular complexity index is 546. The monoisotopic (exact) mass is 336 g/mol. The summed E-state index contributed by atoms with van der Waals surface area (Å²) < 4.78 is 1.07. The molecule has 0 heterocycles. The first-order valence-corrected chi connectivity index (χ1v) is 7.83. The quantitative estimate of drug-likeness (QED) is 0.597. The van der Waals surface area contributed by atoms with Crippen LogP contribution in [-0.2, 0) is 6.42 Å². The summed E-state index contributed by atoms with van der Waals surface area (Å²) in [5, 5.41) is -0.0897. The van der Waals surface area contributed by atoms with Gasteiger partial charge in [0, 0.05) is 4.47 Å². The van der Waals surface area contributed by atoms with E-state index in [4.69, 9.17) is 11.6 Å². The summed E-state index contributed by atoms with van der Waals surface area (Å²) in [6.07, 6.45) is 2.30. The molecule has 0 amide bonds. The van der Waals surface area contributed by atoms with Gasteiger partial charge in [-0.3, -0.25) is 0 Å². The van der Waals surface area contributed by atoms with Gasteiger partial charge in [0.1, 0.15) is 0 Å². The number of hydrogen-bond acceptors (Lipinski definition) is 0. The van der Waals surface area contributed by atoms with Crippen molar-refractivity contribution in [2.45, 2.75) is 32.1 Å². The number of benzene rings is 2. The number of rotatable bonds is 4. The Morgan fingerprint density at radius 2 is 1.79 bits per heavy atom. The molecule has 0 spiro atoms. The van der Waals surface area contributed by atoms with Crippen LogP contribution < -0.4 is 0 Å². The van der Waals surface area contributed by atoms with Crippen molar-refractivity contribution in [2.75, 3.05) is 0 Å². The van der Waals surface area contributed by atoms with Gasteiger partial charge in [0.15, 0.2) is 0 Å². The van der Waals surface area contributed by atoms with Gasteiger partial charge in [-0.15, -0.1) is 11.6 Å². The van der Waals surface area contributed by atoms with E-state index in [0.29, 0.717) is 0 Å². The zero-order valence-corrected chi connectivity index (χ0v) is 13.6. The van der Waals surface area contributed by atoms with Crippen LogP contribution in [0, 0.1) is 6.92 Å². The highest BCUT2D eigenvalue weighted by molar-refractivity contribution is 9.10. The average Bonchev–Trinajstić information content (AvgIpc) is 2.42. The molecular weight excluding hydrogens is 320 g/mol. The number of halogens is 2. The van der Waals surface area contributed by atoms with Gasteiger partial charge in [0.2, 0.25) is 0 Å². The van der Waals surface area contributed by atoms with E-state index in [1.54, 1.807) is 0 Å². The largest absolute Gasteiger partial charge is 0.113 e. The lowest BCUT2D eigenvalue weighted by atomic mass is 9.98. The summed E-state index contributed by atoms with van der Waals surface area (Å²) in [6, 6.07) is 14.9. The second-order valence-electron chi connectivity index (χ2n) is 4.86. The van der Waals surface area contributed by atoms with E-state index in [1.807, 2.05) is 6.07 Å². The van der Waals surface area contributed by atoms with Crippen LogP contribution in [0.3, 0.4) is 0 Å². The highest BCUT2D eigenvalue weighted by atomic mass is 79.9. The second kappa shape index (κ2) is 6.58. The fourth-order valence-corrected chi connectivity index (χ4v) is 2.97. The Morgan fingerprint density at radius 3 is 2.42 bits per heavy atom. The van der Waals surface area contributed by atoms with E-state index in [0.717, 1.165) is 16.5 Å². The van der Waals surface area contributed by atoms with Gasteiger partial charge >= 0.3 is 0 Å². The Hall–Kier alpha value is -0.790. The van der Waals surface area contributed by atoms with Crippen molar-refractivity contribution >= 4 is 27.5 Å². The topological polar surface area (TPSA) is 0 Å². The molecule has 2 heteroatoms. The molecule has 0 fully saturated rings. The van der Waals surface area contributed by atoms with E-state index in [2.05, 4.69) is 66.2 Å². The summed E-state index contributed by atoms with van der Waals surface area (Å²) in [5.41, 5.74) is 4.92. The minimum Gasteiger partial charge on any atom is -0.113 e. The van der Waals surface area contributed by atoms with E-state index in [9.17, 15) is 0 Å². The van der Waals surface area contributed by atoms with Crippen LogP contribution in [0.25, 0.3) is 0 Å². The third-order valence-electron chi connectivity index (χ3n) is 3.33. The molecule has 0 saturated carbocycles. The summed E-state index contributed by atoms with van der Waals surface area (Å²) >= 11 is 10.1. The third kappa shape index (κ3) is 3.61. The van der Waals surface area contributed by atoms with Gasteiger partial charge < -0.3 is 0 Å². The molecule has 0 aliphatic heterocycles. The van der Waals surface area contributed by atoms with Gasteiger partial charge in [-0.2, -0.15) is 0 Å². The summed E-state index contributed by atoms with van der Waals surface area (Å²) in [6.45, 7) is 4.30. The molecule has 0 aromatic heterocycles. The minimum absolute atomic E-state index is 0.0897. The first-order valence-electron chi connectivity index (χ1n) is 6.60. The Kier molecular flexibility index (Phi) is 5.06. The SMILES string of the molecule is CCCc1ccc(C(Cl)c2cc(Br)ccc2C)cc1. The Labute approximate surface area is 128 Å². The Balaban J connectivity index is 2.27. The van der Waals surface area contributed by atoms with Crippen LogP contribution >= 0.6 is 27.5 Å². The maximum absolute atomic E-state index is 6.62. The van der Waals surface area contributed by atoms with Crippen molar-refractivity contribution in [2.24, 2.45) is 0 Å². The van der Waals surface area contributed by atoms with E-state index >= 15 is 0 Å². The fraction of sp³-hybridized carbons (Fsp3) is 0.294. The molecule has 0 nitrogen and oxygen atoms in total. The van der Waals surface area contributed by atoms with Crippen LogP contribution in [0.15, 0.2) is 46.9 Å². The molecule has 2 aromatic carbocycles. The Morgan fingerprint density at radius 1 is 1.11 bits per heavy atom. The van der Waals surface area contributed by atoms with Gasteiger partial charge in [0.05, 0.1) is 5.38 Å². The lowest BCUT2D eigenvalue weighted by Crippen LogP contribution is -1.97. The first-order chi connectivity index (χ1) is 9.11. The summed E-state index contributed by atoms with van der Waals surface area (Å²) in [5.74, 6) is 0. The zero-order valence-electron chi connectivity index (χ0n) is 11.3. The number of aryl methyl sites for hydroxylation is 2. The third-order valence-corrected chi connectivity index (χ3v) is 4.31. The fourth-order valence-electron chi connectivity index (χ4n) is 2.21. The maximum Gasteiger partial charge on any atom is 0.0838 e. The van der Waals surface area contributed by atoms with Crippen molar-refractivity contribution in [3.8, 4) is 0 Å². The molecule has 19 heavy (non-hydrogen) atoms. The molecular formula is C17H18BrCl. The van der Waals surface area contributed by atoms with Gasteiger partial charge in [-0.05, 0) is 47.7 Å². The van der Waals surface area contributed by atoms with Crippen LogP contribution in [0.5, 0.6) is 0 Å². The molecule has 100 valence electrons. The summed E-state index contributed by atoms with van der Waals surface area (Å²) in [7, 11) is 0. The lowest BCUT2D eigenvalue weighted by Gasteiger charge is -2.14. The second-order valence-corrected chi connectivity index (χ2v) is 6.21. The molecule has 0 radical (unpaired) electrons. The van der Waals surface area contributed by atoms with Crippen molar-refractivity contribution in [3.63, 3.8) is 0 Å². The van der Waals surface area contributed by atoms with E-state index in [1.165, 1.54) is 23.1 Å². The molecule has 1 atom stereocenters. The number of hydrogen-bond donors (Lipinski definition) is 0. The zero-order chi connectivity index (χ0) is 13.8. The molecule has 0 bridgehead atoms.